The van der Waals surface area contributed by atoms with Crippen molar-refractivity contribution in [3.8, 4) is 5.75 Å². The molecular weight excluding hydrogens is 234 g/mol. The van der Waals surface area contributed by atoms with Crippen molar-refractivity contribution >= 4 is 0 Å². The van der Waals surface area contributed by atoms with E-state index in [2.05, 4.69) is 36.5 Å². The Hall–Kier alpha value is -1.02. The first-order chi connectivity index (χ1) is 9.38. The molecule has 0 spiro atoms. The van der Waals surface area contributed by atoms with Gasteiger partial charge in [-0.1, -0.05) is 25.5 Å². The molecule has 0 aliphatic carbocycles. The Labute approximate surface area is 117 Å². The molecule has 2 nitrogen and oxygen atoms in total. The van der Waals surface area contributed by atoms with Crippen LogP contribution in [0.15, 0.2) is 24.3 Å². The van der Waals surface area contributed by atoms with E-state index in [1.807, 2.05) is 0 Å². The van der Waals surface area contributed by atoms with Crippen LogP contribution in [-0.4, -0.2) is 19.7 Å². The van der Waals surface area contributed by atoms with Crippen molar-refractivity contribution in [1.29, 1.82) is 0 Å². The maximum absolute atomic E-state index is 5.85. The van der Waals surface area contributed by atoms with Crippen LogP contribution in [0.3, 0.4) is 0 Å². The van der Waals surface area contributed by atoms with Crippen molar-refractivity contribution < 1.29 is 4.74 Å². The molecule has 1 fully saturated rings. The van der Waals surface area contributed by atoms with E-state index in [-0.39, 0.29) is 0 Å². The summed E-state index contributed by atoms with van der Waals surface area (Å²) in [4.78, 5) is 0. The van der Waals surface area contributed by atoms with Gasteiger partial charge in [-0.15, -0.1) is 0 Å². The van der Waals surface area contributed by atoms with E-state index in [4.69, 9.17) is 4.74 Å². The summed E-state index contributed by atoms with van der Waals surface area (Å²) in [7, 11) is 0. The fraction of sp³-hybridized carbons (Fsp3) is 0.647. The lowest BCUT2D eigenvalue weighted by atomic mass is 9.95. The Balaban J connectivity index is 1.67. The molecule has 2 rings (SSSR count). The van der Waals surface area contributed by atoms with Crippen molar-refractivity contribution in [1.82, 2.24) is 5.32 Å². The summed E-state index contributed by atoms with van der Waals surface area (Å²) >= 11 is 0. The lowest BCUT2D eigenvalue weighted by molar-refractivity contribution is 0.252. The Bertz CT molecular complexity index is 341. The number of hydrogen-bond donors (Lipinski definition) is 1. The lowest BCUT2D eigenvalue weighted by Gasteiger charge is -2.22. The molecule has 2 heteroatoms. The first-order valence-corrected chi connectivity index (χ1v) is 7.81. The molecule has 1 aromatic carbocycles. The highest BCUT2D eigenvalue weighted by atomic mass is 16.5. The fourth-order valence-corrected chi connectivity index (χ4v) is 2.65. The summed E-state index contributed by atoms with van der Waals surface area (Å²) in [6.45, 7) is 5.45. The Morgan fingerprint density at radius 2 is 1.89 bits per heavy atom. The van der Waals surface area contributed by atoms with Gasteiger partial charge in [-0.25, -0.2) is 0 Å². The number of unbranched alkanes of at least 4 members (excludes halogenated alkanes) is 1. The van der Waals surface area contributed by atoms with Gasteiger partial charge in [-0.3, -0.25) is 0 Å². The summed E-state index contributed by atoms with van der Waals surface area (Å²) in [5, 5.41) is 3.40. The van der Waals surface area contributed by atoms with E-state index in [1.54, 1.807) is 0 Å². The van der Waals surface area contributed by atoms with E-state index >= 15 is 0 Å². The molecule has 0 saturated carbocycles. The summed E-state index contributed by atoms with van der Waals surface area (Å²) < 4.78 is 5.85. The SMILES string of the molecule is CCCCc1ccc(OCCC2CCNCC2)cc1. The number of aryl methyl sites for hydroxylation is 1. The second-order valence-electron chi connectivity index (χ2n) is 5.58. The third-order valence-electron chi connectivity index (χ3n) is 4.00. The second kappa shape index (κ2) is 8.21. The predicted molar refractivity (Wildman–Crippen MR) is 80.8 cm³/mol. The van der Waals surface area contributed by atoms with Crippen LogP contribution in [-0.2, 0) is 6.42 Å². The molecule has 1 heterocycles. The van der Waals surface area contributed by atoms with Gasteiger partial charge in [0, 0.05) is 0 Å². The average Bonchev–Trinajstić information content (AvgIpc) is 2.47. The van der Waals surface area contributed by atoms with Gasteiger partial charge in [0.2, 0.25) is 0 Å². The Morgan fingerprint density at radius 1 is 1.16 bits per heavy atom. The molecule has 0 amide bonds. The first kappa shape index (κ1) is 14.4. The minimum absolute atomic E-state index is 0.852. The monoisotopic (exact) mass is 261 g/mol. The molecule has 0 bridgehead atoms. The van der Waals surface area contributed by atoms with Crippen LogP contribution in [0, 0.1) is 5.92 Å². The van der Waals surface area contributed by atoms with Gasteiger partial charge in [-0.2, -0.15) is 0 Å². The summed E-state index contributed by atoms with van der Waals surface area (Å²) in [6.07, 6.45) is 7.52. The zero-order valence-electron chi connectivity index (χ0n) is 12.2. The van der Waals surface area contributed by atoms with Crippen LogP contribution < -0.4 is 10.1 Å². The normalized spacial score (nSPS) is 16.5. The topological polar surface area (TPSA) is 21.3 Å². The molecule has 0 radical (unpaired) electrons. The summed E-state index contributed by atoms with van der Waals surface area (Å²) in [5.41, 5.74) is 1.42. The maximum Gasteiger partial charge on any atom is 0.119 e. The van der Waals surface area contributed by atoms with E-state index < -0.39 is 0 Å². The smallest absolute Gasteiger partial charge is 0.119 e. The molecular formula is C17H27NO. The molecule has 1 aliphatic heterocycles. The van der Waals surface area contributed by atoms with Gasteiger partial charge in [-0.05, 0) is 68.8 Å². The third-order valence-corrected chi connectivity index (χ3v) is 4.00. The van der Waals surface area contributed by atoms with E-state index in [9.17, 15) is 0 Å². The van der Waals surface area contributed by atoms with Crippen LogP contribution in [0.4, 0.5) is 0 Å². The molecule has 1 saturated heterocycles. The second-order valence-corrected chi connectivity index (χ2v) is 5.58. The van der Waals surface area contributed by atoms with Gasteiger partial charge in [0.05, 0.1) is 6.61 Å². The van der Waals surface area contributed by atoms with Crippen LogP contribution in [0.2, 0.25) is 0 Å². The largest absolute Gasteiger partial charge is 0.494 e. The number of piperidine rings is 1. The summed E-state index contributed by atoms with van der Waals surface area (Å²) in [5.74, 6) is 1.87. The number of nitrogens with one attached hydrogen (secondary N) is 1. The minimum atomic E-state index is 0.852. The fourth-order valence-electron chi connectivity index (χ4n) is 2.65. The van der Waals surface area contributed by atoms with Crippen molar-refractivity contribution in [2.45, 2.75) is 45.4 Å². The molecule has 0 aromatic heterocycles. The van der Waals surface area contributed by atoms with Crippen molar-refractivity contribution in [2.24, 2.45) is 5.92 Å². The highest BCUT2D eigenvalue weighted by molar-refractivity contribution is 5.27. The highest BCUT2D eigenvalue weighted by Gasteiger charge is 2.12. The number of benzene rings is 1. The average molecular weight is 261 g/mol. The van der Waals surface area contributed by atoms with Gasteiger partial charge in [0.25, 0.3) is 0 Å². The first-order valence-electron chi connectivity index (χ1n) is 7.81. The van der Waals surface area contributed by atoms with Crippen LogP contribution in [0.5, 0.6) is 5.75 Å². The van der Waals surface area contributed by atoms with Gasteiger partial charge < -0.3 is 10.1 Å². The van der Waals surface area contributed by atoms with Crippen molar-refractivity contribution in [3.63, 3.8) is 0 Å². The van der Waals surface area contributed by atoms with Gasteiger partial charge >= 0.3 is 0 Å². The molecule has 1 N–H and O–H groups in total. The highest BCUT2D eigenvalue weighted by Crippen LogP contribution is 2.18. The molecule has 19 heavy (non-hydrogen) atoms. The maximum atomic E-state index is 5.85. The Morgan fingerprint density at radius 3 is 2.58 bits per heavy atom. The van der Waals surface area contributed by atoms with Crippen LogP contribution in [0.25, 0.3) is 0 Å². The molecule has 1 aliphatic rings. The van der Waals surface area contributed by atoms with Crippen molar-refractivity contribution in [3.05, 3.63) is 29.8 Å². The van der Waals surface area contributed by atoms with Crippen molar-refractivity contribution in [2.75, 3.05) is 19.7 Å². The van der Waals surface area contributed by atoms with E-state index in [1.165, 1.54) is 57.2 Å². The zero-order valence-corrected chi connectivity index (χ0v) is 12.2. The number of hydrogen-bond acceptors (Lipinski definition) is 2. The van der Waals surface area contributed by atoms with E-state index in [0.29, 0.717) is 0 Å². The quantitative estimate of drug-likeness (QED) is 0.806. The minimum Gasteiger partial charge on any atom is -0.494 e. The van der Waals surface area contributed by atoms with Crippen LogP contribution >= 0.6 is 0 Å². The third kappa shape index (κ3) is 5.23. The molecule has 0 atom stereocenters. The lowest BCUT2D eigenvalue weighted by Crippen LogP contribution is -2.28. The molecule has 0 unspecified atom stereocenters. The van der Waals surface area contributed by atoms with Gasteiger partial charge in [0.15, 0.2) is 0 Å². The zero-order chi connectivity index (χ0) is 13.3. The molecule has 106 valence electrons. The predicted octanol–water partition coefficient (Wildman–Crippen LogP) is 3.80. The standard InChI is InChI=1S/C17H27NO/c1-2-3-4-15-5-7-17(8-6-15)19-14-11-16-9-12-18-13-10-16/h5-8,16,18H,2-4,9-14H2,1H3. The number of rotatable bonds is 7. The molecule has 1 aromatic rings. The number of ether oxygens (including phenoxy) is 1. The Kier molecular flexibility index (Phi) is 6.22. The van der Waals surface area contributed by atoms with Gasteiger partial charge in [0.1, 0.15) is 5.75 Å². The summed E-state index contributed by atoms with van der Waals surface area (Å²) in [6, 6.07) is 8.64. The van der Waals surface area contributed by atoms with E-state index in [0.717, 1.165) is 18.3 Å². The van der Waals surface area contributed by atoms with Crippen LogP contribution in [0.1, 0.15) is 44.6 Å².